The fourth-order valence-corrected chi connectivity index (χ4v) is 3.72. The Bertz CT molecular complexity index is 565. The maximum Gasteiger partial charge on any atom is 0.263 e. The Morgan fingerprint density at radius 1 is 1.39 bits per heavy atom. The summed E-state index contributed by atoms with van der Waals surface area (Å²) in [6.07, 6.45) is 4.16. The summed E-state index contributed by atoms with van der Waals surface area (Å²) in [6, 6.07) is 0. The van der Waals surface area contributed by atoms with Crippen molar-refractivity contribution in [1.29, 1.82) is 0 Å². The van der Waals surface area contributed by atoms with E-state index in [4.69, 9.17) is 10.5 Å². The second-order valence-corrected chi connectivity index (χ2v) is 7.15. The fraction of sp³-hybridized carbons (Fsp3) is 0.688. The number of nitrogens with two attached hydrogens (primary N) is 1. The van der Waals surface area contributed by atoms with Crippen LogP contribution in [0.3, 0.4) is 0 Å². The van der Waals surface area contributed by atoms with E-state index < -0.39 is 5.41 Å². The average molecular weight is 339 g/mol. The van der Waals surface area contributed by atoms with Gasteiger partial charge in [-0.3, -0.25) is 9.59 Å². The summed E-state index contributed by atoms with van der Waals surface area (Å²) in [5, 5.41) is 3.87. The molecule has 23 heavy (non-hydrogen) atoms. The van der Waals surface area contributed by atoms with Crippen LogP contribution < -0.4 is 11.1 Å². The number of carbonyl (C=O) groups excluding carboxylic acids is 2. The van der Waals surface area contributed by atoms with E-state index in [1.807, 2.05) is 6.92 Å². The Morgan fingerprint density at radius 3 is 2.70 bits per heavy atom. The lowest BCUT2D eigenvalue weighted by molar-refractivity contribution is -0.132. The zero-order valence-electron chi connectivity index (χ0n) is 13.8. The summed E-state index contributed by atoms with van der Waals surface area (Å²) in [7, 11) is 0. The zero-order valence-corrected chi connectivity index (χ0v) is 14.6. The number of ether oxygens (including phenoxy) is 1. The van der Waals surface area contributed by atoms with Gasteiger partial charge < -0.3 is 15.8 Å². The summed E-state index contributed by atoms with van der Waals surface area (Å²) in [4.78, 5) is 29.3. The van der Waals surface area contributed by atoms with Gasteiger partial charge in [0.1, 0.15) is 4.88 Å². The Morgan fingerprint density at radius 2 is 2.09 bits per heavy atom. The van der Waals surface area contributed by atoms with Crippen LogP contribution in [0.15, 0.2) is 0 Å². The Balaban J connectivity index is 2.01. The standard InChI is InChI=1S/C16H25N3O3S/c1-3-4-5-12-19-11(2)13(23-12)14(20)18-10-16(15(17)21)6-8-22-9-7-16/h3-10H2,1-2H3,(H2,17,21)(H,18,20). The molecule has 0 aromatic carbocycles. The highest BCUT2D eigenvalue weighted by molar-refractivity contribution is 7.13. The molecule has 2 amide bonds. The molecule has 2 heterocycles. The molecule has 128 valence electrons. The van der Waals surface area contributed by atoms with Gasteiger partial charge in [-0.05, 0) is 32.6 Å². The van der Waals surface area contributed by atoms with Crippen molar-refractivity contribution in [3.05, 3.63) is 15.6 Å². The summed E-state index contributed by atoms with van der Waals surface area (Å²) < 4.78 is 5.30. The van der Waals surface area contributed by atoms with Crippen molar-refractivity contribution in [2.75, 3.05) is 19.8 Å². The topological polar surface area (TPSA) is 94.3 Å². The van der Waals surface area contributed by atoms with Gasteiger partial charge in [-0.25, -0.2) is 4.98 Å². The Hall–Kier alpha value is -1.47. The quantitative estimate of drug-likeness (QED) is 0.792. The van der Waals surface area contributed by atoms with Crippen molar-refractivity contribution in [1.82, 2.24) is 10.3 Å². The molecule has 0 bridgehead atoms. The molecule has 3 N–H and O–H groups in total. The third-order valence-electron chi connectivity index (χ3n) is 4.35. The molecule has 0 saturated carbocycles. The van der Waals surface area contributed by atoms with Gasteiger partial charge in [0.15, 0.2) is 0 Å². The summed E-state index contributed by atoms with van der Waals surface area (Å²) in [5.41, 5.74) is 5.61. The molecule has 6 nitrogen and oxygen atoms in total. The molecule has 2 rings (SSSR count). The number of aromatic nitrogens is 1. The van der Waals surface area contributed by atoms with E-state index in [0.717, 1.165) is 30.0 Å². The van der Waals surface area contributed by atoms with Gasteiger partial charge in [0.05, 0.1) is 16.1 Å². The number of nitrogens with zero attached hydrogens (tertiary/aromatic N) is 1. The van der Waals surface area contributed by atoms with Crippen LogP contribution >= 0.6 is 11.3 Å². The lowest BCUT2D eigenvalue weighted by atomic mass is 9.79. The number of thiazole rings is 1. The Labute approximate surface area is 140 Å². The summed E-state index contributed by atoms with van der Waals surface area (Å²) in [6.45, 7) is 5.23. The van der Waals surface area contributed by atoms with Gasteiger partial charge >= 0.3 is 0 Å². The maximum atomic E-state index is 12.4. The van der Waals surface area contributed by atoms with Crippen molar-refractivity contribution in [3.63, 3.8) is 0 Å². The van der Waals surface area contributed by atoms with E-state index in [1.54, 1.807) is 0 Å². The van der Waals surface area contributed by atoms with Crippen LogP contribution in [0.4, 0.5) is 0 Å². The Kier molecular flexibility index (Phi) is 6.12. The van der Waals surface area contributed by atoms with Crippen molar-refractivity contribution < 1.29 is 14.3 Å². The maximum absolute atomic E-state index is 12.4. The number of aryl methyl sites for hydroxylation is 2. The predicted molar refractivity (Wildman–Crippen MR) is 89.5 cm³/mol. The highest BCUT2D eigenvalue weighted by atomic mass is 32.1. The van der Waals surface area contributed by atoms with Gasteiger partial charge in [-0.2, -0.15) is 0 Å². The first-order chi connectivity index (χ1) is 11.0. The first-order valence-corrected chi connectivity index (χ1v) is 8.92. The number of hydrogen-bond donors (Lipinski definition) is 2. The first kappa shape index (κ1) is 17.9. The molecule has 0 spiro atoms. The van der Waals surface area contributed by atoms with Gasteiger partial charge in [0.2, 0.25) is 5.91 Å². The molecule has 1 aromatic heterocycles. The minimum atomic E-state index is -0.697. The number of nitrogens with one attached hydrogen (secondary N) is 1. The third kappa shape index (κ3) is 4.29. The SMILES string of the molecule is CCCCc1nc(C)c(C(=O)NCC2(C(N)=O)CCOCC2)s1. The summed E-state index contributed by atoms with van der Waals surface area (Å²) >= 11 is 1.44. The molecule has 0 aliphatic carbocycles. The van der Waals surface area contributed by atoms with Crippen molar-refractivity contribution in [3.8, 4) is 0 Å². The lowest BCUT2D eigenvalue weighted by Gasteiger charge is -2.34. The van der Waals surface area contributed by atoms with Gasteiger partial charge in [0.25, 0.3) is 5.91 Å². The first-order valence-electron chi connectivity index (χ1n) is 8.10. The summed E-state index contributed by atoms with van der Waals surface area (Å²) in [5.74, 6) is -0.541. The average Bonchev–Trinajstić information content (AvgIpc) is 2.92. The van der Waals surface area contributed by atoms with Gasteiger partial charge in [-0.1, -0.05) is 13.3 Å². The van der Waals surface area contributed by atoms with Crippen LogP contribution in [0.2, 0.25) is 0 Å². The molecular formula is C16H25N3O3S. The van der Waals surface area contributed by atoms with Crippen molar-refractivity contribution in [2.45, 2.75) is 46.0 Å². The molecule has 7 heteroatoms. The smallest absolute Gasteiger partial charge is 0.263 e. The van der Waals surface area contributed by atoms with E-state index in [2.05, 4.69) is 17.2 Å². The van der Waals surface area contributed by atoms with Crippen LogP contribution in [0.5, 0.6) is 0 Å². The molecule has 1 aromatic rings. The van der Waals surface area contributed by atoms with Crippen LogP contribution in [-0.4, -0.2) is 36.6 Å². The second-order valence-electron chi connectivity index (χ2n) is 6.07. The second kappa shape index (κ2) is 7.88. The van der Waals surface area contributed by atoms with Crippen molar-refractivity contribution in [2.24, 2.45) is 11.1 Å². The predicted octanol–water partition coefficient (Wildman–Crippen LogP) is 1.81. The molecule has 1 aliphatic rings. The molecule has 0 atom stereocenters. The van der Waals surface area contributed by atoms with Crippen LogP contribution in [-0.2, 0) is 16.0 Å². The highest BCUT2D eigenvalue weighted by Gasteiger charge is 2.38. The number of hydrogen-bond acceptors (Lipinski definition) is 5. The normalized spacial score (nSPS) is 17.0. The largest absolute Gasteiger partial charge is 0.381 e. The minimum Gasteiger partial charge on any atom is -0.381 e. The number of primary amides is 1. The highest BCUT2D eigenvalue weighted by Crippen LogP contribution is 2.29. The number of unbranched alkanes of at least 4 members (excludes halogenated alkanes) is 1. The number of rotatable bonds is 7. The van der Waals surface area contributed by atoms with Gasteiger partial charge in [0, 0.05) is 19.8 Å². The molecule has 0 radical (unpaired) electrons. The lowest BCUT2D eigenvalue weighted by Crippen LogP contribution is -2.49. The van der Waals surface area contributed by atoms with Crippen LogP contribution in [0.25, 0.3) is 0 Å². The van der Waals surface area contributed by atoms with Gasteiger partial charge in [-0.15, -0.1) is 11.3 Å². The van der Waals surface area contributed by atoms with Crippen LogP contribution in [0.1, 0.15) is 53.0 Å². The van der Waals surface area contributed by atoms with E-state index in [-0.39, 0.29) is 18.4 Å². The monoisotopic (exact) mass is 339 g/mol. The fourth-order valence-electron chi connectivity index (χ4n) is 2.70. The van der Waals surface area contributed by atoms with Crippen molar-refractivity contribution >= 4 is 23.2 Å². The number of carbonyl (C=O) groups is 2. The minimum absolute atomic E-state index is 0.171. The van der Waals surface area contributed by atoms with E-state index >= 15 is 0 Å². The number of amides is 2. The molecule has 1 saturated heterocycles. The molecule has 0 unspecified atom stereocenters. The third-order valence-corrected chi connectivity index (χ3v) is 5.57. The van der Waals surface area contributed by atoms with Crippen LogP contribution in [0, 0.1) is 12.3 Å². The molecule has 1 fully saturated rings. The molecule has 1 aliphatic heterocycles. The zero-order chi connectivity index (χ0) is 16.9. The van der Waals surface area contributed by atoms with E-state index in [9.17, 15) is 9.59 Å². The van der Waals surface area contributed by atoms with E-state index in [1.165, 1.54) is 11.3 Å². The van der Waals surface area contributed by atoms with E-state index in [0.29, 0.717) is 30.9 Å². The molecular weight excluding hydrogens is 314 g/mol.